The minimum atomic E-state index is 0.490. The molecule has 17 heavy (non-hydrogen) atoms. The molecule has 0 saturated heterocycles. The van der Waals surface area contributed by atoms with E-state index in [0.717, 1.165) is 5.02 Å². The van der Waals surface area contributed by atoms with E-state index >= 15 is 0 Å². The molecule has 0 unspecified atom stereocenters. The Kier molecular flexibility index (Phi) is 6.15. The minimum absolute atomic E-state index is 0.490. The molecule has 0 nitrogen and oxygen atoms in total. The van der Waals surface area contributed by atoms with Gasteiger partial charge in [-0.3, -0.25) is 0 Å². The Morgan fingerprint density at radius 3 is 1.59 bits per heavy atom. The molecule has 0 amide bonds. The van der Waals surface area contributed by atoms with Gasteiger partial charge in [-0.15, -0.1) is 0 Å². The summed E-state index contributed by atoms with van der Waals surface area (Å²) in [5.74, 6) is 0. The van der Waals surface area contributed by atoms with Crippen LogP contribution in [-0.4, -0.2) is 0 Å². The number of aryl methyl sites for hydroxylation is 1. The third-order valence-electron chi connectivity index (χ3n) is 1.89. The Morgan fingerprint density at radius 1 is 0.647 bits per heavy atom. The zero-order valence-electron chi connectivity index (χ0n) is 9.05. The number of hydrogen-bond acceptors (Lipinski definition) is 0. The van der Waals surface area contributed by atoms with Crippen LogP contribution in [0.3, 0.4) is 0 Å². The second-order valence-corrected chi connectivity index (χ2v) is 5.04. The molecule has 2 rings (SSSR count). The summed E-state index contributed by atoms with van der Waals surface area (Å²) < 4.78 is 0. The zero-order valence-corrected chi connectivity index (χ0v) is 12.1. The summed E-state index contributed by atoms with van der Waals surface area (Å²) >= 11 is 22.4. The quantitative estimate of drug-likeness (QED) is 0.501. The van der Waals surface area contributed by atoms with Gasteiger partial charge in [-0.1, -0.05) is 64.1 Å². The molecule has 2 aromatic carbocycles. The molecule has 2 aromatic rings. The normalized spacial score (nSPS) is 9.47. The van der Waals surface area contributed by atoms with Gasteiger partial charge in [0.25, 0.3) is 0 Å². The minimum Gasteiger partial charge on any atom is -0.0843 e. The average molecular weight is 308 g/mol. The van der Waals surface area contributed by atoms with E-state index in [2.05, 4.69) is 0 Å². The summed E-state index contributed by atoms with van der Waals surface area (Å²) in [6.07, 6.45) is 0. The lowest BCUT2D eigenvalue weighted by Gasteiger charge is -1.92. The van der Waals surface area contributed by atoms with E-state index in [0.29, 0.717) is 15.1 Å². The van der Waals surface area contributed by atoms with Gasteiger partial charge in [0.15, 0.2) is 0 Å². The van der Waals surface area contributed by atoms with Crippen molar-refractivity contribution >= 4 is 46.4 Å². The van der Waals surface area contributed by atoms with Gasteiger partial charge in [0.05, 0.1) is 10.0 Å². The first-order valence-corrected chi connectivity index (χ1v) is 6.33. The molecule has 4 heteroatoms. The predicted octanol–water partition coefficient (Wildman–Crippen LogP) is 6.30. The smallest absolute Gasteiger partial charge is 0.0607 e. The molecule has 0 saturated carbocycles. The van der Waals surface area contributed by atoms with Crippen molar-refractivity contribution in [2.45, 2.75) is 6.92 Å². The highest BCUT2D eigenvalue weighted by Crippen LogP contribution is 2.24. The van der Waals surface area contributed by atoms with Gasteiger partial charge in [-0.2, -0.15) is 0 Å². The molecule has 0 radical (unpaired) electrons. The Morgan fingerprint density at radius 2 is 1.18 bits per heavy atom. The van der Waals surface area contributed by atoms with Crippen LogP contribution in [0.15, 0.2) is 42.5 Å². The number of rotatable bonds is 0. The second kappa shape index (κ2) is 7.13. The van der Waals surface area contributed by atoms with Crippen molar-refractivity contribution in [1.29, 1.82) is 0 Å². The van der Waals surface area contributed by atoms with E-state index in [1.54, 1.807) is 18.2 Å². The van der Waals surface area contributed by atoms with Crippen LogP contribution in [0, 0.1) is 6.92 Å². The summed E-state index contributed by atoms with van der Waals surface area (Å²) in [5.41, 5.74) is 1.24. The van der Waals surface area contributed by atoms with Gasteiger partial charge in [0.1, 0.15) is 0 Å². The molecule has 0 N–H and O–H groups in total. The monoisotopic (exact) mass is 306 g/mol. The zero-order chi connectivity index (χ0) is 12.8. The van der Waals surface area contributed by atoms with Crippen molar-refractivity contribution in [3.8, 4) is 0 Å². The van der Waals surface area contributed by atoms with Crippen LogP contribution in [0.1, 0.15) is 5.56 Å². The van der Waals surface area contributed by atoms with E-state index < -0.39 is 0 Å². The maximum atomic E-state index is 5.61. The first-order chi connectivity index (χ1) is 7.99. The lowest BCUT2D eigenvalue weighted by Crippen LogP contribution is -1.66. The van der Waals surface area contributed by atoms with Gasteiger partial charge in [-0.05, 0) is 37.3 Å². The fourth-order valence-electron chi connectivity index (χ4n) is 1.00. The average Bonchev–Trinajstić information content (AvgIpc) is 2.29. The lowest BCUT2D eigenvalue weighted by molar-refractivity contribution is 1.48. The maximum Gasteiger partial charge on any atom is 0.0607 e. The summed E-state index contributed by atoms with van der Waals surface area (Å²) in [6.45, 7) is 2.04. The van der Waals surface area contributed by atoms with Gasteiger partial charge in [0, 0.05) is 10.0 Å². The van der Waals surface area contributed by atoms with Crippen LogP contribution in [0.4, 0.5) is 0 Å². The Bertz CT molecular complexity index is 456. The fourth-order valence-corrected chi connectivity index (χ4v) is 1.66. The molecule has 0 aliphatic heterocycles. The van der Waals surface area contributed by atoms with Crippen LogP contribution < -0.4 is 0 Å². The van der Waals surface area contributed by atoms with Crippen molar-refractivity contribution in [3.63, 3.8) is 0 Å². The summed E-state index contributed by atoms with van der Waals surface area (Å²) in [4.78, 5) is 0. The Labute approximate surface area is 121 Å². The molecular formula is C13H10Cl4. The molecule has 0 aliphatic carbocycles. The van der Waals surface area contributed by atoms with E-state index in [-0.39, 0.29) is 0 Å². The third-order valence-corrected chi connectivity index (χ3v) is 3.12. The molecule has 0 aromatic heterocycles. The van der Waals surface area contributed by atoms with Gasteiger partial charge in [-0.25, -0.2) is 0 Å². The van der Waals surface area contributed by atoms with Crippen LogP contribution in [0.5, 0.6) is 0 Å². The first kappa shape index (κ1) is 14.7. The van der Waals surface area contributed by atoms with E-state index in [9.17, 15) is 0 Å². The van der Waals surface area contributed by atoms with Crippen LogP contribution in [-0.2, 0) is 0 Å². The van der Waals surface area contributed by atoms with Crippen molar-refractivity contribution < 1.29 is 0 Å². The highest BCUT2D eigenvalue weighted by atomic mass is 35.5. The van der Waals surface area contributed by atoms with E-state index in [4.69, 9.17) is 46.4 Å². The lowest BCUT2D eigenvalue weighted by atomic mass is 10.2. The highest BCUT2D eigenvalue weighted by molar-refractivity contribution is 6.43. The predicted molar refractivity (Wildman–Crippen MR) is 77.7 cm³/mol. The van der Waals surface area contributed by atoms with E-state index in [1.165, 1.54) is 5.56 Å². The topological polar surface area (TPSA) is 0 Å². The van der Waals surface area contributed by atoms with E-state index in [1.807, 2.05) is 31.2 Å². The van der Waals surface area contributed by atoms with Gasteiger partial charge < -0.3 is 0 Å². The van der Waals surface area contributed by atoms with Crippen molar-refractivity contribution in [2.24, 2.45) is 0 Å². The van der Waals surface area contributed by atoms with Crippen LogP contribution >= 0.6 is 46.4 Å². The highest BCUT2D eigenvalue weighted by Gasteiger charge is 1.94. The first-order valence-electron chi connectivity index (χ1n) is 4.82. The SMILES string of the molecule is Cc1ccc(Cl)cc1.Clc1ccc(Cl)c(Cl)c1. The molecule has 0 bridgehead atoms. The molecule has 90 valence electrons. The molecule has 0 atom stereocenters. The van der Waals surface area contributed by atoms with Crippen molar-refractivity contribution in [2.75, 3.05) is 0 Å². The molecule has 0 spiro atoms. The standard InChI is InChI=1S/C7H7Cl.C6H3Cl3/c1-6-2-4-7(8)5-3-6;7-4-1-2-5(8)6(9)3-4/h2-5H,1H3;1-3H. The summed E-state index contributed by atoms with van der Waals surface area (Å²) in [7, 11) is 0. The summed E-state index contributed by atoms with van der Waals surface area (Å²) in [6, 6.07) is 12.7. The fraction of sp³-hybridized carbons (Fsp3) is 0.0769. The van der Waals surface area contributed by atoms with Crippen LogP contribution in [0.25, 0.3) is 0 Å². The van der Waals surface area contributed by atoms with Crippen molar-refractivity contribution in [1.82, 2.24) is 0 Å². The van der Waals surface area contributed by atoms with Crippen molar-refractivity contribution in [3.05, 3.63) is 68.1 Å². The van der Waals surface area contributed by atoms with Gasteiger partial charge in [0.2, 0.25) is 0 Å². The molecule has 0 aliphatic rings. The largest absolute Gasteiger partial charge is 0.0843 e. The Hall–Kier alpha value is -0.400. The number of benzene rings is 2. The molecule has 0 heterocycles. The van der Waals surface area contributed by atoms with Crippen LogP contribution in [0.2, 0.25) is 20.1 Å². The molecular weight excluding hydrogens is 298 g/mol. The summed E-state index contributed by atoms with van der Waals surface area (Å²) in [5, 5.41) is 2.42. The maximum absolute atomic E-state index is 5.61. The van der Waals surface area contributed by atoms with Gasteiger partial charge >= 0.3 is 0 Å². The second-order valence-electron chi connectivity index (χ2n) is 3.35. The number of halogens is 4. The third kappa shape index (κ3) is 5.65. The Balaban J connectivity index is 0.000000171. The number of hydrogen-bond donors (Lipinski definition) is 0. The molecule has 0 fully saturated rings.